The summed E-state index contributed by atoms with van der Waals surface area (Å²) in [7, 11) is 0. The summed E-state index contributed by atoms with van der Waals surface area (Å²) in [5.41, 5.74) is 1.12. The highest BCUT2D eigenvalue weighted by Gasteiger charge is 2.07. The molecule has 0 saturated heterocycles. The minimum absolute atomic E-state index is 0.131. The van der Waals surface area contributed by atoms with E-state index in [0.29, 0.717) is 15.2 Å². The van der Waals surface area contributed by atoms with Crippen molar-refractivity contribution < 1.29 is 0 Å². The van der Waals surface area contributed by atoms with Gasteiger partial charge in [0.1, 0.15) is 0 Å². The number of thiazole rings is 1. The smallest absolute Gasteiger partial charge is 0.267 e. The highest BCUT2D eigenvalue weighted by molar-refractivity contribution is 7.15. The maximum absolute atomic E-state index is 12.3. The van der Waals surface area contributed by atoms with E-state index in [-0.39, 0.29) is 11.1 Å². The minimum atomic E-state index is -0.315. The third kappa shape index (κ3) is 2.08. The molecule has 0 radical (unpaired) electrons. The Morgan fingerprint density at radius 2 is 1.95 bits per heavy atom. The van der Waals surface area contributed by atoms with Gasteiger partial charge in [-0.1, -0.05) is 41.7 Å². The molecule has 0 fully saturated rings. The van der Waals surface area contributed by atoms with Crippen molar-refractivity contribution in [1.29, 1.82) is 0 Å². The first-order valence-electron chi connectivity index (χ1n) is 5.75. The SMILES string of the molecule is Cc1cc(=O)nc2sc(=Cc3ccccc3)c(=O)n12. The fourth-order valence-corrected chi connectivity index (χ4v) is 2.95. The Hall–Kier alpha value is -2.27. The van der Waals surface area contributed by atoms with Crippen LogP contribution in [0.5, 0.6) is 0 Å². The molecule has 1 aromatic carbocycles. The normalized spacial score (nSPS) is 12.2. The fraction of sp³-hybridized carbons (Fsp3) is 0.0714. The summed E-state index contributed by atoms with van der Waals surface area (Å²) in [6.07, 6.45) is 1.81. The maximum atomic E-state index is 12.3. The molecule has 5 heteroatoms. The van der Waals surface area contributed by atoms with E-state index in [1.165, 1.54) is 21.8 Å². The monoisotopic (exact) mass is 270 g/mol. The lowest BCUT2D eigenvalue weighted by Gasteiger charge is -1.93. The second-order valence-corrected chi connectivity index (χ2v) is 5.19. The summed E-state index contributed by atoms with van der Waals surface area (Å²) in [4.78, 5) is 27.9. The molecule has 0 aliphatic rings. The Bertz CT molecular complexity index is 910. The maximum Gasteiger partial charge on any atom is 0.274 e. The van der Waals surface area contributed by atoms with Crippen LogP contribution in [0.4, 0.5) is 0 Å². The van der Waals surface area contributed by atoms with Gasteiger partial charge in [-0.25, -0.2) is 0 Å². The van der Waals surface area contributed by atoms with Crippen LogP contribution in [0, 0.1) is 6.92 Å². The van der Waals surface area contributed by atoms with Crippen molar-refractivity contribution in [2.24, 2.45) is 0 Å². The van der Waals surface area contributed by atoms with Crippen LogP contribution in [-0.4, -0.2) is 9.38 Å². The summed E-state index contributed by atoms with van der Waals surface area (Å²) in [6, 6.07) is 11.0. The molecule has 3 aromatic rings. The van der Waals surface area contributed by atoms with Crippen molar-refractivity contribution in [3.63, 3.8) is 0 Å². The lowest BCUT2D eigenvalue weighted by atomic mass is 10.2. The Morgan fingerprint density at radius 3 is 2.68 bits per heavy atom. The Labute approximate surface area is 112 Å². The number of benzene rings is 1. The molecule has 0 N–H and O–H groups in total. The number of nitrogens with zero attached hydrogens (tertiary/aromatic N) is 2. The van der Waals surface area contributed by atoms with Crippen LogP contribution in [-0.2, 0) is 0 Å². The summed E-state index contributed by atoms with van der Waals surface area (Å²) in [6.45, 7) is 1.73. The summed E-state index contributed by atoms with van der Waals surface area (Å²) in [5.74, 6) is 0. The highest BCUT2D eigenvalue weighted by Crippen LogP contribution is 2.03. The molecule has 0 aliphatic carbocycles. The van der Waals surface area contributed by atoms with E-state index in [0.717, 1.165) is 5.56 Å². The van der Waals surface area contributed by atoms with Gasteiger partial charge in [0.15, 0.2) is 0 Å². The molecule has 4 nitrogen and oxygen atoms in total. The van der Waals surface area contributed by atoms with E-state index in [1.807, 2.05) is 36.4 Å². The molecule has 2 aromatic heterocycles. The van der Waals surface area contributed by atoms with Crippen LogP contribution in [0.2, 0.25) is 0 Å². The second-order valence-electron chi connectivity index (χ2n) is 4.18. The third-order valence-electron chi connectivity index (χ3n) is 2.79. The van der Waals surface area contributed by atoms with Crippen LogP contribution < -0.4 is 15.7 Å². The minimum Gasteiger partial charge on any atom is -0.267 e. The molecule has 0 aliphatic heterocycles. The van der Waals surface area contributed by atoms with Gasteiger partial charge in [0.05, 0.1) is 4.53 Å². The predicted molar refractivity (Wildman–Crippen MR) is 75.6 cm³/mol. The molecule has 0 unspecified atom stereocenters. The zero-order valence-corrected chi connectivity index (χ0v) is 11.0. The first kappa shape index (κ1) is 11.8. The average Bonchev–Trinajstić information content (AvgIpc) is 2.67. The molecule has 3 rings (SSSR count). The average molecular weight is 270 g/mol. The van der Waals surface area contributed by atoms with Gasteiger partial charge in [0.2, 0.25) is 4.96 Å². The zero-order valence-electron chi connectivity index (χ0n) is 10.2. The van der Waals surface area contributed by atoms with E-state index >= 15 is 0 Å². The number of fused-ring (bicyclic) bond motifs is 1. The van der Waals surface area contributed by atoms with Crippen molar-refractivity contribution in [2.75, 3.05) is 0 Å². The van der Waals surface area contributed by atoms with Crippen LogP contribution in [0.25, 0.3) is 11.0 Å². The summed E-state index contributed by atoms with van der Waals surface area (Å²) in [5, 5.41) is 0. The molecule has 0 atom stereocenters. The van der Waals surface area contributed by atoms with Crippen molar-refractivity contribution in [3.05, 3.63) is 72.9 Å². The second kappa shape index (κ2) is 4.44. The van der Waals surface area contributed by atoms with Crippen molar-refractivity contribution >= 4 is 22.4 Å². The van der Waals surface area contributed by atoms with Crippen molar-refractivity contribution in [1.82, 2.24) is 9.38 Å². The quantitative estimate of drug-likeness (QED) is 0.662. The lowest BCUT2D eigenvalue weighted by Crippen LogP contribution is -2.25. The number of rotatable bonds is 1. The summed E-state index contributed by atoms with van der Waals surface area (Å²) < 4.78 is 2.05. The van der Waals surface area contributed by atoms with Gasteiger partial charge in [-0.15, -0.1) is 0 Å². The fourth-order valence-electron chi connectivity index (χ4n) is 1.93. The first-order chi connectivity index (χ1) is 9.15. The van der Waals surface area contributed by atoms with Gasteiger partial charge in [-0.3, -0.25) is 14.0 Å². The van der Waals surface area contributed by atoms with Gasteiger partial charge >= 0.3 is 0 Å². The van der Waals surface area contributed by atoms with Gasteiger partial charge in [0, 0.05) is 11.8 Å². The van der Waals surface area contributed by atoms with E-state index in [2.05, 4.69) is 4.98 Å². The van der Waals surface area contributed by atoms with Gasteiger partial charge in [-0.2, -0.15) is 4.98 Å². The molecule has 0 spiro atoms. The third-order valence-corrected chi connectivity index (χ3v) is 3.76. The lowest BCUT2D eigenvalue weighted by molar-refractivity contribution is 0.998. The molecule has 0 amide bonds. The largest absolute Gasteiger partial charge is 0.274 e. The van der Waals surface area contributed by atoms with Gasteiger partial charge in [-0.05, 0) is 18.6 Å². The van der Waals surface area contributed by atoms with E-state index < -0.39 is 0 Å². The van der Waals surface area contributed by atoms with Crippen molar-refractivity contribution in [3.8, 4) is 0 Å². The van der Waals surface area contributed by atoms with Crippen LogP contribution >= 0.6 is 11.3 Å². The number of aryl methyl sites for hydroxylation is 1. The topological polar surface area (TPSA) is 51.4 Å². The molecule has 0 saturated carbocycles. The first-order valence-corrected chi connectivity index (χ1v) is 6.57. The summed E-state index contributed by atoms with van der Waals surface area (Å²) >= 11 is 1.23. The van der Waals surface area contributed by atoms with E-state index in [4.69, 9.17) is 0 Å². The van der Waals surface area contributed by atoms with Gasteiger partial charge < -0.3 is 0 Å². The van der Waals surface area contributed by atoms with E-state index in [9.17, 15) is 9.59 Å². The van der Waals surface area contributed by atoms with Crippen LogP contribution in [0.1, 0.15) is 11.3 Å². The number of hydrogen-bond acceptors (Lipinski definition) is 4. The van der Waals surface area contributed by atoms with Crippen molar-refractivity contribution in [2.45, 2.75) is 6.92 Å². The Kier molecular flexibility index (Phi) is 2.76. The van der Waals surface area contributed by atoms with Crippen LogP contribution in [0.15, 0.2) is 46.0 Å². The van der Waals surface area contributed by atoms with E-state index in [1.54, 1.807) is 6.92 Å². The Balaban J connectivity index is 2.36. The predicted octanol–water partition coefficient (Wildman–Crippen LogP) is 0.972. The highest BCUT2D eigenvalue weighted by atomic mass is 32.1. The standard InChI is InChI=1S/C14H10N2O2S/c1-9-7-12(17)15-14-16(9)13(18)11(19-14)8-10-5-3-2-4-6-10/h2-8H,1H3. The van der Waals surface area contributed by atoms with Gasteiger partial charge in [0.25, 0.3) is 11.1 Å². The molecule has 2 heterocycles. The molecule has 94 valence electrons. The Morgan fingerprint density at radius 1 is 1.21 bits per heavy atom. The van der Waals surface area contributed by atoms with Crippen LogP contribution in [0.3, 0.4) is 0 Å². The molecular weight excluding hydrogens is 260 g/mol. The molecular formula is C14H10N2O2S. The molecule has 0 bridgehead atoms. The number of hydrogen-bond donors (Lipinski definition) is 0. The zero-order chi connectivity index (χ0) is 13.4. The number of aromatic nitrogens is 2. The molecule has 19 heavy (non-hydrogen) atoms.